The summed E-state index contributed by atoms with van der Waals surface area (Å²) in [4.78, 5) is 26.0. The standard InChI is InChI=1S/C11H19N3O3/c12-8(11(16)17)4-1-2-6-14-10(15)9-5-3-7-13-9/h7-9H,1-6,12H2,(H,14,15)(H,16,17)/t8-,9-/m0/s1. The topological polar surface area (TPSA) is 105 Å². The van der Waals surface area contributed by atoms with Gasteiger partial charge in [-0.15, -0.1) is 0 Å². The van der Waals surface area contributed by atoms with E-state index < -0.39 is 12.0 Å². The van der Waals surface area contributed by atoms with Crippen molar-refractivity contribution >= 4 is 18.1 Å². The number of aliphatic carboxylic acids is 1. The maximum atomic E-state index is 11.5. The predicted octanol–water partition coefficient (Wildman–Crippen LogP) is -0.0820. The fourth-order valence-corrected chi connectivity index (χ4v) is 1.65. The Balaban J connectivity index is 2.02. The lowest BCUT2D eigenvalue weighted by Crippen LogP contribution is -2.33. The molecule has 6 heteroatoms. The van der Waals surface area contributed by atoms with Crippen molar-refractivity contribution in [3.63, 3.8) is 0 Å². The van der Waals surface area contributed by atoms with Crippen LogP contribution in [0.25, 0.3) is 0 Å². The lowest BCUT2D eigenvalue weighted by atomic mass is 10.1. The van der Waals surface area contributed by atoms with Gasteiger partial charge in [0.1, 0.15) is 12.1 Å². The molecule has 17 heavy (non-hydrogen) atoms. The van der Waals surface area contributed by atoms with E-state index in [2.05, 4.69) is 10.3 Å². The SMILES string of the molecule is N[C@@H](CCCCNC(=O)[C@@H]1CCC=N1)C(=O)O. The van der Waals surface area contributed by atoms with Crippen LogP contribution in [0.4, 0.5) is 0 Å². The van der Waals surface area contributed by atoms with Crippen LogP contribution in [0.15, 0.2) is 4.99 Å². The van der Waals surface area contributed by atoms with Crippen LogP contribution in [-0.4, -0.2) is 41.8 Å². The summed E-state index contributed by atoms with van der Waals surface area (Å²) in [6.45, 7) is 0.553. The van der Waals surface area contributed by atoms with Crippen molar-refractivity contribution in [3.8, 4) is 0 Å². The number of carbonyl (C=O) groups is 2. The maximum Gasteiger partial charge on any atom is 0.320 e. The molecular weight excluding hydrogens is 222 g/mol. The van der Waals surface area contributed by atoms with E-state index in [0.29, 0.717) is 19.4 Å². The van der Waals surface area contributed by atoms with Crippen molar-refractivity contribution in [1.82, 2.24) is 5.32 Å². The molecular formula is C11H19N3O3. The molecule has 1 rings (SSSR count). The van der Waals surface area contributed by atoms with Crippen molar-refractivity contribution in [2.75, 3.05) is 6.54 Å². The van der Waals surface area contributed by atoms with Gasteiger partial charge in [0, 0.05) is 6.54 Å². The van der Waals surface area contributed by atoms with Gasteiger partial charge in [-0.3, -0.25) is 14.6 Å². The number of nitrogens with one attached hydrogen (secondary N) is 1. The van der Waals surface area contributed by atoms with Crippen LogP contribution in [0, 0.1) is 0 Å². The number of carboxylic acids is 1. The molecule has 0 aromatic carbocycles. The van der Waals surface area contributed by atoms with E-state index in [4.69, 9.17) is 10.8 Å². The lowest BCUT2D eigenvalue weighted by Gasteiger charge is -2.09. The van der Waals surface area contributed by atoms with E-state index in [0.717, 1.165) is 19.3 Å². The van der Waals surface area contributed by atoms with Crippen LogP contribution in [0.3, 0.4) is 0 Å². The van der Waals surface area contributed by atoms with Gasteiger partial charge in [-0.2, -0.15) is 0 Å². The number of rotatable bonds is 7. The highest BCUT2D eigenvalue weighted by atomic mass is 16.4. The first-order valence-electron chi connectivity index (χ1n) is 5.89. The number of hydrogen-bond donors (Lipinski definition) is 3. The van der Waals surface area contributed by atoms with Gasteiger partial charge in [-0.25, -0.2) is 0 Å². The zero-order valence-electron chi connectivity index (χ0n) is 9.76. The minimum Gasteiger partial charge on any atom is -0.480 e. The molecule has 0 saturated heterocycles. The van der Waals surface area contributed by atoms with Crippen molar-refractivity contribution < 1.29 is 14.7 Å². The Kier molecular flexibility index (Phi) is 5.62. The van der Waals surface area contributed by atoms with E-state index in [1.165, 1.54) is 0 Å². The molecule has 0 fully saturated rings. The van der Waals surface area contributed by atoms with Gasteiger partial charge < -0.3 is 16.2 Å². The van der Waals surface area contributed by atoms with Crippen LogP contribution in [0.5, 0.6) is 0 Å². The van der Waals surface area contributed by atoms with E-state index in [9.17, 15) is 9.59 Å². The van der Waals surface area contributed by atoms with Gasteiger partial charge in [0.25, 0.3) is 0 Å². The second-order valence-corrected chi connectivity index (χ2v) is 4.16. The average molecular weight is 241 g/mol. The fourth-order valence-electron chi connectivity index (χ4n) is 1.65. The molecule has 1 aliphatic heterocycles. The van der Waals surface area contributed by atoms with Crippen molar-refractivity contribution in [1.29, 1.82) is 0 Å². The number of carboxylic acid groups (broad SMARTS) is 1. The molecule has 0 radical (unpaired) electrons. The smallest absolute Gasteiger partial charge is 0.320 e. The number of unbranched alkanes of at least 4 members (excludes halogenated alkanes) is 1. The van der Waals surface area contributed by atoms with E-state index in [1.54, 1.807) is 6.21 Å². The molecule has 1 aliphatic rings. The Labute approximate surface area is 100 Å². The molecule has 0 spiro atoms. The molecule has 0 bridgehead atoms. The molecule has 0 aliphatic carbocycles. The molecule has 0 unspecified atom stereocenters. The third-order valence-corrected chi connectivity index (χ3v) is 2.72. The molecule has 0 saturated carbocycles. The number of aliphatic imine (C=N–C) groups is 1. The quantitative estimate of drug-likeness (QED) is 0.542. The fraction of sp³-hybridized carbons (Fsp3) is 0.727. The highest BCUT2D eigenvalue weighted by molar-refractivity contribution is 5.85. The number of nitrogens with zero attached hydrogens (tertiary/aromatic N) is 1. The molecule has 0 aromatic heterocycles. The van der Waals surface area contributed by atoms with Crippen molar-refractivity contribution in [2.24, 2.45) is 10.7 Å². The first kappa shape index (κ1) is 13.6. The highest BCUT2D eigenvalue weighted by Gasteiger charge is 2.18. The Morgan fingerprint density at radius 1 is 1.53 bits per heavy atom. The summed E-state index contributed by atoms with van der Waals surface area (Å²) in [5.41, 5.74) is 5.35. The van der Waals surface area contributed by atoms with Crippen LogP contribution >= 0.6 is 0 Å². The third kappa shape index (κ3) is 4.95. The zero-order valence-corrected chi connectivity index (χ0v) is 9.76. The minimum absolute atomic E-state index is 0.0405. The van der Waals surface area contributed by atoms with E-state index >= 15 is 0 Å². The average Bonchev–Trinajstić information content (AvgIpc) is 2.81. The summed E-state index contributed by atoms with van der Waals surface area (Å²) in [6, 6.07) is -1.03. The first-order valence-corrected chi connectivity index (χ1v) is 5.89. The molecule has 0 aromatic rings. The molecule has 2 atom stereocenters. The largest absolute Gasteiger partial charge is 0.480 e. The third-order valence-electron chi connectivity index (χ3n) is 2.72. The monoisotopic (exact) mass is 241 g/mol. The lowest BCUT2D eigenvalue weighted by molar-refractivity contribution is -0.138. The Bertz CT molecular complexity index is 304. The molecule has 96 valence electrons. The van der Waals surface area contributed by atoms with Crippen LogP contribution in [-0.2, 0) is 9.59 Å². The zero-order chi connectivity index (χ0) is 12.7. The summed E-state index contributed by atoms with van der Waals surface area (Å²) < 4.78 is 0. The van der Waals surface area contributed by atoms with Crippen molar-refractivity contribution in [2.45, 2.75) is 44.2 Å². The number of nitrogens with two attached hydrogens (primary N) is 1. The number of carbonyl (C=O) groups excluding carboxylic acids is 1. The first-order chi connectivity index (χ1) is 8.11. The summed E-state index contributed by atoms with van der Waals surface area (Å²) >= 11 is 0. The van der Waals surface area contributed by atoms with E-state index in [-0.39, 0.29) is 11.9 Å². The summed E-state index contributed by atoms with van der Waals surface area (Å²) in [6.07, 6.45) is 5.30. The van der Waals surface area contributed by atoms with Gasteiger partial charge in [-0.05, 0) is 38.3 Å². The molecule has 1 heterocycles. The normalized spacial score (nSPS) is 20.2. The second kappa shape index (κ2) is 7.01. The van der Waals surface area contributed by atoms with Gasteiger partial charge >= 0.3 is 5.97 Å². The van der Waals surface area contributed by atoms with Crippen LogP contribution in [0.2, 0.25) is 0 Å². The number of hydrogen-bond acceptors (Lipinski definition) is 4. The Hall–Kier alpha value is -1.43. The number of amides is 1. The minimum atomic E-state index is -0.977. The Morgan fingerprint density at radius 3 is 2.88 bits per heavy atom. The van der Waals surface area contributed by atoms with Gasteiger partial charge in [0.2, 0.25) is 5.91 Å². The Morgan fingerprint density at radius 2 is 2.29 bits per heavy atom. The van der Waals surface area contributed by atoms with Gasteiger partial charge in [0.15, 0.2) is 0 Å². The maximum absolute atomic E-state index is 11.5. The predicted molar refractivity (Wildman–Crippen MR) is 64.0 cm³/mol. The molecule has 1 amide bonds. The van der Waals surface area contributed by atoms with Crippen LogP contribution < -0.4 is 11.1 Å². The molecule has 6 nitrogen and oxygen atoms in total. The van der Waals surface area contributed by atoms with Gasteiger partial charge in [-0.1, -0.05) is 0 Å². The van der Waals surface area contributed by atoms with E-state index in [1.807, 2.05) is 0 Å². The summed E-state index contributed by atoms with van der Waals surface area (Å²) in [5.74, 6) is -1.02. The second-order valence-electron chi connectivity index (χ2n) is 4.16. The highest BCUT2D eigenvalue weighted by Crippen LogP contribution is 2.07. The summed E-state index contributed by atoms with van der Waals surface area (Å²) in [7, 11) is 0. The van der Waals surface area contributed by atoms with Crippen LogP contribution in [0.1, 0.15) is 32.1 Å². The van der Waals surface area contributed by atoms with Gasteiger partial charge in [0.05, 0.1) is 0 Å². The molecule has 4 N–H and O–H groups in total. The van der Waals surface area contributed by atoms with Crippen molar-refractivity contribution in [3.05, 3.63) is 0 Å². The summed E-state index contributed by atoms with van der Waals surface area (Å²) in [5, 5.41) is 11.3.